The Balaban J connectivity index is 1.61. The van der Waals surface area contributed by atoms with E-state index in [1.54, 1.807) is 10.8 Å². The lowest BCUT2D eigenvalue weighted by Gasteiger charge is -2.17. The molecule has 136 valence electrons. The van der Waals surface area contributed by atoms with Crippen molar-refractivity contribution in [2.45, 2.75) is 56.3 Å². The molecular formula is C16H22N4O5. The zero-order valence-corrected chi connectivity index (χ0v) is 14.0. The third kappa shape index (κ3) is 3.08. The molecule has 4 rings (SSSR count). The van der Waals surface area contributed by atoms with Crippen LogP contribution in [0, 0.1) is 0 Å². The Morgan fingerprint density at radius 3 is 2.80 bits per heavy atom. The Kier molecular flexibility index (Phi) is 4.55. The maximum Gasteiger partial charge on any atom is 0.318 e. The molecule has 9 heteroatoms. The van der Waals surface area contributed by atoms with E-state index in [1.165, 1.54) is 13.4 Å². The molecule has 0 bridgehead atoms. The Labute approximate surface area is 144 Å². The summed E-state index contributed by atoms with van der Waals surface area (Å²) in [7, 11) is 1.52. The molecule has 0 aromatic carbocycles. The largest absolute Gasteiger partial charge is 0.460 e. The fourth-order valence-electron chi connectivity index (χ4n) is 3.47. The number of nitrogens with zero attached hydrogens (tertiary/aromatic N) is 4. The van der Waals surface area contributed by atoms with Crippen LogP contribution in [0.5, 0.6) is 6.01 Å². The second-order valence-corrected chi connectivity index (χ2v) is 6.54. The SMILES string of the molecule is COC[C@H]1O[C@@H](n2cnc3cnc(OC4CCCC4)nc32)[C@H](O)[C@@H]1O. The highest BCUT2D eigenvalue weighted by Crippen LogP contribution is 2.32. The highest BCUT2D eigenvalue weighted by molar-refractivity contribution is 5.69. The average molecular weight is 350 g/mol. The van der Waals surface area contributed by atoms with E-state index in [2.05, 4.69) is 15.0 Å². The van der Waals surface area contributed by atoms with Gasteiger partial charge in [-0.05, 0) is 25.7 Å². The van der Waals surface area contributed by atoms with E-state index in [0.29, 0.717) is 17.2 Å². The molecule has 1 saturated carbocycles. The lowest BCUT2D eigenvalue weighted by molar-refractivity contribution is -0.0580. The minimum absolute atomic E-state index is 0.148. The van der Waals surface area contributed by atoms with Crippen molar-refractivity contribution in [3.8, 4) is 6.01 Å². The first-order valence-corrected chi connectivity index (χ1v) is 8.54. The van der Waals surface area contributed by atoms with Crippen molar-refractivity contribution in [2.75, 3.05) is 13.7 Å². The number of aliphatic hydroxyl groups is 2. The number of aliphatic hydroxyl groups excluding tert-OH is 2. The molecule has 9 nitrogen and oxygen atoms in total. The molecule has 0 unspecified atom stereocenters. The topological polar surface area (TPSA) is 112 Å². The van der Waals surface area contributed by atoms with E-state index in [1.807, 2.05) is 0 Å². The first-order valence-electron chi connectivity index (χ1n) is 8.54. The van der Waals surface area contributed by atoms with Crippen LogP contribution >= 0.6 is 0 Å². The van der Waals surface area contributed by atoms with E-state index < -0.39 is 24.5 Å². The first-order chi connectivity index (χ1) is 12.2. The summed E-state index contributed by atoms with van der Waals surface area (Å²) in [5.74, 6) is 0. The second-order valence-electron chi connectivity index (χ2n) is 6.54. The summed E-state index contributed by atoms with van der Waals surface area (Å²) in [5, 5.41) is 20.5. The predicted octanol–water partition coefficient (Wildman–Crippen LogP) is 0.413. The fraction of sp³-hybridized carbons (Fsp3) is 0.688. The Morgan fingerprint density at radius 1 is 1.24 bits per heavy atom. The second kappa shape index (κ2) is 6.83. The number of methoxy groups -OCH3 is 1. The standard InChI is InChI=1S/C16H22N4O5/c1-23-7-11-12(21)13(22)15(25-11)20-8-18-10-6-17-16(19-14(10)20)24-9-4-2-3-5-9/h6,8-9,11-13,15,21-22H,2-5,7H2,1H3/t11-,12-,13-,15-/m1/s1. The summed E-state index contributed by atoms with van der Waals surface area (Å²) in [6.45, 7) is 0.187. The van der Waals surface area contributed by atoms with Crippen LogP contribution in [0.2, 0.25) is 0 Å². The third-order valence-electron chi connectivity index (χ3n) is 4.81. The molecule has 0 spiro atoms. The van der Waals surface area contributed by atoms with E-state index in [4.69, 9.17) is 14.2 Å². The molecule has 2 aromatic rings. The number of hydrogen-bond donors (Lipinski definition) is 2. The first kappa shape index (κ1) is 16.6. The van der Waals surface area contributed by atoms with Crippen LogP contribution in [-0.4, -0.2) is 67.9 Å². The van der Waals surface area contributed by atoms with Gasteiger partial charge in [0.05, 0.1) is 19.1 Å². The van der Waals surface area contributed by atoms with E-state index in [-0.39, 0.29) is 12.7 Å². The predicted molar refractivity (Wildman–Crippen MR) is 86.0 cm³/mol. The lowest BCUT2D eigenvalue weighted by atomic mass is 10.1. The highest BCUT2D eigenvalue weighted by atomic mass is 16.6. The molecule has 1 saturated heterocycles. The minimum atomic E-state index is -1.10. The molecule has 2 N–H and O–H groups in total. The summed E-state index contributed by atoms with van der Waals surface area (Å²) in [6, 6.07) is 0.294. The van der Waals surface area contributed by atoms with E-state index >= 15 is 0 Å². The van der Waals surface area contributed by atoms with Crippen LogP contribution in [0.4, 0.5) is 0 Å². The zero-order chi connectivity index (χ0) is 17.4. The number of aromatic nitrogens is 4. The van der Waals surface area contributed by atoms with Crippen molar-refractivity contribution in [3.63, 3.8) is 0 Å². The molecule has 2 aromatic heterocycles. The van der Waals surface area contributed by atoms with Crippen molar-refractivity contribution >= 4 is 11.2 Å². The van der Waals surface area contributed by atoms with Gasteiger partial charge in [-0.1, -0.05) is 0 Å². The number of imidazole rings is 1. The molecule has 1 aliphatic heterocycles. The lowest BCUT2D eigenvalue weighted by Crippen LogP contribution is -2.33. The maximum absolute atomic E-state index is 10.3. The van der Waals surface area contributed by atoms with Crippen LogP contribution < -0.4 is 4.74 Å². The van der Waals surface area contributed by atoms with Gasteiger partial charge in [0.25, 0.3) is 0 Å². The number of rotatable bonds is 5. The van der Waals surface area contributed by atoms with Gasteiger partial charge in [-0.2, -0.15) is 4.98 Å². The molecule has 2 aliphatic rings. The van der Waals surface area contributed by atoms with Crippen molar-refractivity contribution in [1.82, 2.24) is 19.5 Å². The Bertz CT molecular complexity index is 732. The van der Waals surface area contributed by atoms with Gasteiger partial charge in [0.1, 0.15) is 29.9 Å². The summed E-state index contributed by atoms with van der Waals surface area (Å²) in [6.07, 6.45) is 4.04. The molecule has 0 radical (unpaired) electrons. The van der Waals surface area contributed by atoms with E-state index in [0.717, 1.165) is 25.7 Å². The van der Waals surface area contributed by atoms with Crippen LogP contribution in [0.1, 0.15) is 31.9 Å². The van der Waals surface area contributed by atoms with Gasteiger partial charge in [0.2, 0.25) is 0 Å². The van der Waals surface area contributed by atoms with Gasteiger partial charge in [-0.25, -0.2) is 9.97 Å². The molecular weight excluding hydrogens is 328 g/mol. The van der Waals surface area contributed by atoms with Crippen LogP contribution in [0.3, 0.4) is 0 Å². The van der Waals surface area contributed by atoms with Gasteiger partial charge in [0, 0.05) is 7.11 Å². The summed E-state index contributed by atoms with van der Waals surface area (Å²) < 4.78 is 18.2. The van der Waals surface area contributed by atoms with Crippen LogP contribution in [-0.2, 0) is 9.47 Å². The number of hydrogen-bond acceptors (Lipinski definition) is 8. The molecule has 25 heavy (non-hydrogen) atoms. The molecule has 0 amide bonds. The normalized spacial score (nSPS) is 30.4. The molecule has 3 heterocycles. The quantitative estimate of drug-likeness (QED) is 0.798. The van der Waals surface area contributed by atoms with Gasteiger partial charge >= 0.3 is 6.01 Å². The van der Waals surface area contributed by atoms with Gasteiger partial charge in [-0.15, -0.1) is 0 Å². The number of fused-ring (bicyclic) bond motifs is 1. The Hall–Kier alpha value is -1.81. The summed E-state index contributed by atoms with van der Waals surface area (Å²) in [5.41, 5.74) is 1.07. The van der Waals surface area contributed by atoms with Crippen molar-refractivity contribution < 1.29 is 24.4 Å². The molecule has 1 aliphatic carbocycles. The monoisotopic (exact) mass is 350 g/mol. The summed E-state index contributed by atoms with van der Waals surface area (Å²) in [4.78, 5) is 12.9. The van der Waals surface area contributed by atoms with Crippen LogP contribution in [0.15, 0.2) is 12.5 Å². The maximum atomic E-state index is 10.3. The third-order valence-corrected chi connectivity index (χ3v) is 4.81. The summed E-state index contributed by atoms with van der Waals surface area (Å²) >= 11 is 0. The van der Waals surface area contributed by atoms with Gasteiger partial charge in [-0.3, -0.25) is 4.57 Å². The average Bonchev–Trinajstić information content (AvgIpc) is 3.32. The van der Waals surface area contributed by atoms with Crippen molar-refractivity contribution in [3.05, 3.63) is 12.5 Å². The minimum Gasteiger partial charge on any atom is -0.460 e. The van der Waals surface area contributed by atoms with Crippen LogP contribution in [0.25, 0.3) is 11.2 Å². The smallest absolute Gasteiger partial charge is 0.318 e. The van der Waals surface area contributed by atoms with Crippen molar-refractivity contribution in [1.29, 1.82) is 0 Å². The van der Waals surface area contributed by atoms with Gasteiger partial charge < -0.3 is 24.4 Å². The Morgan fingerprint density at radius 2 is 2.04 bits per heavy atom. The van der Waals surface area contributed by atoms with E-state index in [9.17, 15) is 10.2 Å². The zero-order valence-electron chi connectivity index (χ0n) is 14.0. The van der Waals surface area contributed by atoms with Gasteiger partial charge in [0.15, 0.2) is 11.9 Å². The highest BCUT2D eigenvalue weighted by Gasteiger charge is 2.44. The fourth-order valence-corrected chi connectivity index (χ4v) is 3.47. The molecule has 4 atom stereocenters. The van der Waals surface area contributed by atoms with Crippen molar-refractivity contribution in [2.24, 2.45) is 0 Å². The molecule has 2 fully saturated rings. The number of ether oxygens (including phenoxy) is 3.